The van der Waals surface area contributed by atoms with E-state index >= 15 is 0 Å². The van der Waals surface area contributed by atoms with Gasteiger partial charge in [-0.1, -0.05) is 48.5 Å². The number of carbonyl (C=O) groups excluding carboxylic acids is 2. The molecule has 0 bridgehead atoms. The zero-order chi connectivity index (χ0) is 29.2. The molecule has 0 aliphatic carbocycles. The van der Waals surface area contributed by atoms with E-state index in [1.807, 2.05) is 44.2 Å². The van der Waals surface area contributed by atoms with Gasteiger partial charge in [-0.15, -0.1) is 0 Å². The molecule has 9 nitrogen and oxygen atoms in total. The number of hydrogen-bond donors (Lipinski definition) is 1. The van der Waals surface area contributed by atoms with Gasteiger partial charge in [0, 0.05) is 43.8 Å². The lowest BCUT2D eigenvalue weighted by Crippen LogP contribution is -2.54. The van der Waals surface area contributed by atoms with Gasteiger partial charge in [0.25, 0.3) is 15.9 Å². The first-order chi connectivity index (χ1) is 19.6. The standard InChI is InChI=1S/C31H32N4O5S/c1-31(2,23-11-5-4-6-12-23)30(37)35-19-17-34(18-20-35)29(36)25-15-14-24(21-26(25)40-3)33-41(38,39)27-13-7-9-22-10-8-16-32-28(22)27/h4-16,21,33H,17-20H2,1-3H3. The highest BCUT2D eigenvalue weighted by Crippen LogP contribution is 2.29. The number of amides is 2. The molecule has 1 aliphatic heterocycles. The summed E-state index contributed by atoms with van der Waals surface area (Å²) in [5.41, 5.74) is 1.20. The van der Waals surface area contributed by atoms with E-state index in [9.17, 15) is 18.0 Å². The fourth-order valence-corrected chi connectivity index (χ4v) is 6.32. The Labute approximate surface area is 239 Å². The number of hydrogen-bond acceptors (Lipinski definition) is 6. The minimum atomic E-state index is -3.97. The van der Waals surface area contributed by atoms with Gasteiger partial charge in [-0.25, -0.2) is 8.42 Å². The largest absolute Gasteiger partial charge is 0.496 e. The molecule has 0 atom stereocenters. The van der Waals surface area contributed by atoms with Crippen LogP contribution in [-0.2, 0) is 20.2 Å². The summed E-state index contributed by atoms with van der Waals surface area (Å²) in [7, 11) is -2.53. The fourth-order valence-electron chi connectivity index (χ4n) is 5.09. The number of methoxy groups -OCH3 is 1. The number of sulfonamides is 1. The highest BCUT2D eigenvalue weighted by molar-refractivity contribution is 7.93. The van der Waals surface area contributed by atoms with Gasteiger partial charge in [0.15, 0.2) is 0 Å². The van der Waals surface area contributed by atoms with Crippen LogP contribution < -0.4 is 9.46 Å². The van der Waals surface area contributed by atoms with Crippen LogP contribution in [0.15, 0.2) is 90.0 Å². The molecule has 0 radical (unpaired) electrons. The molecular formula is C31H32N4O5S. The maximum absolute atomic E-state index is 13.4. The average Bonchev–Trinajstić information content (AvgIpc) is 3.00. The SMILES string of the molecule is COc1cc(NS(=O)(=O)c2cccc3cccnc23)ccc1C(=O)N1CCN(C(=O)C(C)(C)c2ccccc2)CC1. The van der Waals surface area contributed by atoms with Crippen molar-refractivity contribution >= 4 is 38.4 Å². The molecule has 1 N–H and O–H groups in total. The van der Waals surface area contributed by atoms with E-state index in [0.29, 0.717) is 42.6 Å². The summed E-state index contributed by atoms with van der Waals surface area (Å²) in [5, 5.41) is 0.708. The van der Waals surface area contributed by atoms with E-state index in [0.717, 1.165) is 5.56 Å². The number of rotatable bonds is 7. The van der Waals surface area contributed by atoms with Crippen molar-refractivity contribution in [2.24, 2.45) is 0 Å². The summed E-state index contributed by atoms with van der Waals surface area (Å²) in [4.78, 5) is 34.5. The maximum atomic E-state index is 13.4. The Balaban J connectivity index is 1.28. The van der Waals surface area contributed by atoms with Crippen LogP contribution in [0.4, 0.5) is 5.69 Å². The predicted octanol–water partition coefficient (Wildman–Crippen LogP) is 4.31. The van der Waals surface area contributed by atoms with E-state index in [1.165, 1.54) is 25.3 Å². The van der Waals surface area contributed by atoms with Crippen LogP contribution >= 0.6 is 0 Å². The van der Waals surface area contributed by atoms with Crippen molar-refractivity contribution in [3.8, 4) is 5.75 Å². The van der Waals surface area contributed by atoms with Crippen molar-refractivity contribution in [3.63, 3.8) is 0 Å². The first-order valence-corrected chi connectivity index (χ1v) is 14.8. The minimum Gasteiger partial charge on any atom is -0.496 e. The molecule has 212 valence electrons. The Morgan fingerprint density at radius 1 is 0.878 bits per heavy atom. The molecule has 1 aromatic heterocycles. The second kappa shape index (κ2) is 11.2. The van der Waals surface area contributed by atoms with Gasteiger partial charge in [-0.3, -0.25) is 19.3 Å². The molecule has 10 heteroatoms. The summed E-state index contributed by atoms with van der Waals surface area (Å²) >= 11 is 0. The van der Waals surface area contributed by atoms with Gasteiger partial charge >= 0.3 is 0 Å². The second-order valence-electron chi connectivity index (χ2n) is 10.4. The molecule has 3 aromatic carbocycles. The lowest BCUT2D eigenvalue weighted by Gasteiger charge is -2.39. The highest BCUT2D eigenvalue weighted by Gasteiger charge is 2.36. The van der Waals surface area contributed by atoms with Crippen LogP contribution in [0.2, 0.25) is 0 Å². The van der Waals surface area contributed by atoms with Crippen LogP contribution in [0.1, 0.15) is 29.8 Å². The number of benzene rings is 3. The van der Waals surface area contributed by atoms with Crippen LogP contribution in [0.3, 0.4) is 0 Å². The Morgan fingerprint density at radius 2 is 1.56 bits per heavy atom. The molecule has 0 unspecified atom stereocenters. The number of ether oxygens (including phenoxy) is 1. The minimum absolute atomic E-state index is 0.0198. The topological polar surface area (TPSA) is 109 Å². The number of piperazine rings is 1. The third-order valence-corrected chi connectivity index (χ3v) is 8.87. The van der Waals surface area contributed by atoms with Gasteiger partial charge in [0.05, 0.1) is 29.3 Å². The second-order valence-corrected chi connectivity index (χ2v) is 12.1. The maximum Gasteiger partial charge on any atom is 0.264 e. The number of carbonyl (C=O) groups is 2. The van der Waals surface area contributed by atoms with E-state index in [-0.39, 0.29) is 28.1 Å². The molecule has 1 aliphatic rings. The smallest absolute Gasteiger partial charge is 0.264 e. The fraction of sp³-hybridized carbons (Fsp3) is 0.258. The normalized spacial score (nSPS) is 14.1. The molecule has 5 rings (SSSR count). The zero-order valence-electron chi connectivity index (χ0n) is 23.2. The number of para-hydroxylation sites is 1. The van der Waals surface area contributed by atoms with Crippen molar-refractivity contribution in [2.45, 2.75) is 24.2 Å². The van der Waals surface area contributed by atoms with Gasteiger partial charge < -0.3 is 14.5 Å². The number of nitrogens with one attached hydrogen (secondary N) is 1. The van der Waals surface area contributed by atoms with Crippen LogP contribution in [0, 0.1) is 0 Å². The van der Waals surface area contributed by atoms with Gasteiger partial charge in [-0.2, -0.15) is 0 Å². The Morgan fingerprint density at radius 3 is 2.27 bits per heavy atom. The van der Waals surface area contributed by atoms with E-state index in [4.69, 9.17) is 4.74 Å². The number of pyridine rings is 1. The third kappa shape index (κ3) is 5.60. The van der Waals surface area contributed by atoms with Gasteiger partial charge in [0.1, 0.15) is 10.6 Å². The van der Waals surface area contributed by atoms with Crippen molar-refractivity contribution in [1.29, 1.82) is 0 Å². The van der Waals surface area contributed by atoms with Crippen molar-refractivity contribution < 1.29 is 22.7 Å². The average molecular weight is 573 g/mol. The van der Waals surface area contributed by atoms with Crippen molar-refractivity contribution in [3.05, 3.63) is 96.2 Å². The van der Waals surface area contributed by atoms with Crippen LogP contribution in [0.5, 0.6) is 5.75 Å². The molecule has 0 saturated carbocycles. The quantitative estimate of drug-likeness (QED) is 0.354. The van der Waals surface area contributed by atoms with Crippen molar-refractivity contribution in [1.82, 2.24) is 14.8 Å². The van der Waals surface area contributed by atoms with Crippen LogP contribution in [-0.4, -0.2) is 68.3 Å². The number of fused-ring (bicyclic) bond motifs is 1. The molecule has 0 spiro atoms. The molecular weight excluding hydrogens is 540 g/mol. The Kier molecular flexibility index (Phi) is 7.68. The first-order valence-electron chi connectivity index (χ1n) is 13.3. The van der Waals surface area contributed by atoms with E-state index in [1.54, 1.807) is 46.3 Å². The number of nitrogens with zero attached hydrogens (tertiary/aromatic N) is 3. The third-order valence-electron chi connectivity index (χ3n) is 7.45. The molecule has 2 amide bonds. The van der Waals surface area contributed by atoms with Gasteiger partial charge in [-0.05, 0) is 43.7 Å². The molecule has 4 aromatic rings. The predicted molar refractivity (Wildman–Crippen MR) is 157 cm³/mol. The zero-order valence-corrected chi connectivity index (χ0v) is 24.0. The Hall–Kier alpha value is -4.44. The lowest BCUT2D eigenvalue weighted by molar-refractivity contribution is -0.137. The first kappa shape index (κ1) is 28.1. The highest BCUT2D eigenvalue weighted by atomic mass is 32.2. The molecule has 1 fully saturated rings. The number of aromatic nitrogens is 1. The summed E-state index contributed by atoms with van der Waals surface area (Å²) in [6.07, 6.45) is 1.55. The van der Waals surface area contributed by atoms with Crippen molar-refractivity contribution in [2.75, 3.05) is 38.0 Å². The molecule has 1 saturated heterocycles. The molecule has 41 heavy (non-hydrogen) atoms. The summed E-state index contributed by atoms with van der Waals surface area (Å²) < 4.78 is 34.5. The summed E-state index contributed by atoms with van der Waals surface area (Å²) in [6, 6.07) is 22.7. The summed E-state index contributed by atoms with van der Waals surface area (Å²) in [5.74, 6) is 0.0188. The monoisotopic (exact) mass is 572 g/mol. The Bertz CT molecular complexity index is 1690. The van der Waals surface area contributed by atoms with Gasteiger partial charge in [0.2, 0.25) is 5.91 Å². The van der Waals surface area contributed by atoms with Crippen LogP contribution in [0.25, 0.3) is 10.9 Å². The number of anilines is 1. The van der Waals surface area contributed by atoms with E-state index < -0.39 is 15.4 Å². The lowest BCUT2D eigenvalue weighted by atomic mass is 9.83. The van der Waals surface area contributed by atoms with E-state index in [2.05, 4.69) is 9.71 Å². The summed E-state index contributed by atoms with van der Waals surface area (Å²) in [6.45, 7) is 5.42. The molecule has 2 heterocycles.